The van der Waals surface area contributed by atoms with E-state index in [4.69, 9.17) is 9.05 Å². The molecular formula is C14H21O5PS. The first kappa shape index (κ1) is 18.1. The van der Waals surface area contributed by atoms with Crippen LogP contribution in [0, 0.1) is 0 Å². The van der Waals surface area contributed by atoms with Gasteiger partial charge in [-0.25, -0.2) is 8.42 Å². The van der Waals surface area contributed by atoms with Crippen molar-refractivity contribution in [3.8, 4) is 0 Å². The fourth-order valence-electron chi connectivity index (χ4n) is 1.81. The van der Waals surface area contributed by atoms with Crippen molar-refractivity contribution >= 4 is 17.4 Å². The zero-order valence-electron chi connectivity index (χ0n) is 12.5. The molecule has 0 radical (unpaired) electrons. The van der Waals surface area contributed by atoms with Gasteiger partial charge in [0.2, 0.25) is 0 Å². The second kappa shape index (κ2) is 7.90. The molecule has 0 N–H and O–H groups in total. The number of rotatable bonds is 8. The second-order valence-electron chi connectivity index (χ2n) is 4.43. The van der Waals surface area contributed by atoms with Crippen molar-refractivity contribution < 1.29 is 22.0 Å². The first-order valence-electron chi connectivity index (χ1n) is 6.68. The fraction of sp³-hybridized carbons (Fsp3) is 0.429. The van der Waals surface area contributed by atoms with Crippen molar-refractivity contribution in [3.05, 3.63) is 41.3 Å². The lowest BCUT2D eigenvalue weighted by atomic mass is 10.4. The molecule has 0 aromatic heterocycles. The van der Waals surface area contributed by atoms with Gasteiger partial charge in [0.05, 0.1) is 24.3 Å². The van der Waals surface area contributed by atoms with E-state index in [2.05, 4.69) is 0 Å². The van der Waals surface area contributed by atoms with Crippen LogP contribution in [0.15, 0.2) is 46.2 Å². The third-order valence-electron chi connectivity index (χ3n) is 2.52. The number of sulfone groups is 1. The van der Waals surface area contributed by atoms with Gasteiger partial charge in [0.15, 0.2) is 9.84 Å². The summed E-state index contributed by atoms with van der Waals surface area (Å²) in [5.41, 5.74) is 0.434. The summed E-state index contributed by atoms with van der Waals surface area (Å²) in [6.45, 7) is 5.52. The molecule has 0 fully saturated rings. The van der Waals surface area contributed by atoms with Crippen LogP contribution in [0.4, 0.5) is 0 Å². The third kappa shape index (κ3) is 5.75. The molecule has 1 aromatic carbocycles. The molecule has 0 bridgehead atoms. The quantitative estimate of drug-likeness (QED) is 0.680. The van der Waals surface area contributed by atoms with Gasteiger partial charge in [-0.3, -0.25) is 4.57 Å². The number of hydrogen-bond acceptors (Lipinski definition) is 5. The Kier molecular flexibility index (Phi) is 6.81. The highest BCUT2D eigenvalue weighted by molar-refractivity contribution is 7.94. The van der Waals surface area contributed by atoms with Crippen LogP contribution in [-0.4, -0.2) is 27.8 Å². The number of benzene rings is 1. The molecule has 21 heavy (non-hydrogen) atoms. The molecular weight excluding hydrogens is 311 g/mol. The summed E-state index contributed by atoms with van der Waals surface area (Å²) < 4.78 is 47.1. The van der Waals surface area contributed by atoms with Gasteiger partial charge in [-0.15, -0.1) is 0 Å². The largest absolute Gasteiger partial charge is 0.334 e. The maximum Gasteiger partial charge on any atom is 0.334 e. The van der Waals surface area contributed by atoms with E-state index in [9.17, 15) is 13.0 Å². The van der Waals surface area contributed by atoms with Crippen molar-refractivity contribution in [2.45, 2.75) is 25.7 Å². The van der Waals surface area contributed by atoms with E-state index < -0.39 is 17.4 Å². The van der Waals surface area contributed by atoms with Crippen LogP contribution in [0.3, 0.4) is 0 Å². The lowest BCUT2D eigenvalue weighted by molar-refractivity contribution is 0.222. The van der Waals surface area contributed by atoms with Crippen molar-refractivity contribution in [1.29, 1.82) is 0 Å². The number of allylic oxidation sites excluding steroid dienone is 1. The average Bonchev–Trinajstić information content (AvgIpc) is 2.39. The topological polar surface area (TPSA) is 69.7 Å². The SMILES string of the molecule is CCOP(=O)(C/C(C)=C/S(=O)(=O)c1ccccc1)OCC. The molecule has 1 aromatic rings. The average molecular weight is 332 g/mol. The summed E-state index contributed by atoms with van der Waals surface area (Å²) >= 11 is 0. The minimum absolute atomic E-state index is 0.0409. The molecule has 118 valence electrons. The molecule has 0 saturated heterocycles. The Bertz CT molecular complexity index is 612. The maximum atomic E-state index is 12.4. The standard InChI is InChI=1S/C14H21O5PS/c1-4-18-20(15,19-5-2)11-13(3)12-21(16,17)14-9-7-6-8-10-14/h6-10,12H,4-5,11H2,1-3H3/b13-12+. The predicted octanol–water partition coefficient (Wildman–Crippen LogP) is 3.63. The minimum Gasteiger partial charge on any atom is -0.309 e. The van der Waals surface area contributed by atoms with Crippen molar-refractivity contribution in [1.82, 2.24) is 0 Å². The normalized spacial score (nSPS) is 13.4. The van der Waals surface area contributed by atoms with Gasteiger partial charge < -0.3 is 9.05 Å². The highest BCUT2D eigenvalue weighted by atomic mass is 32.2. The van der Waals surface area contributed by atoms with Crippen molar-refractivity contribution in [2.24, 2.45) is 0 Å². The van der Waals surface area contributed by atoms with Crippen molar-refractivity contribution in [3.63, 3.8) is 0 Å². The molecule has 0 heterocycles. The smallest absolute Gasteiger partial charge is 0.309 e. The first-order valence-corrected chi connectivity index (χ1v) is 9.96. The Morgan fingerprint density at radius 2 is 1.67 bits per heavy atom. The summed E-state index contributed by atoms with van der Waals surface area (Å²) in [4.78, 5) is 0.201. The molecule has 7 heteroatoms. The lowest BCUT2D eigenvalue weighted by Gasteiger charge is -2.17. The zero-order chi connectivity index (χ0) is 15.9. The maximum absolute atomic E-state index is 12.4. The molecule has 5 nitrogen and oxygen atoms in total. The summed E-state index contributed by atoms with van der Waals surface area (Å²) in [7, 11) is -6.84. The molecule has 0 spiro atoms. The van der Waals surface area contributed by atoms with Gasteiger partial charge in [0, 0.05) is 5.41 Å². The van der Waals surface area contributed by atoms with Gasteiger partial charge in [0.1, 0.15) is 0 Å². The van der Waals surface area contributed by atoms with E-state index in [-0.39, 0.29) is 24.3 Å². The van der Waals surface area contributed by atoms with Crippen LogP contribution < -0.4 is 0 Å². The van der Waals surface area contributed by atoms with E-state index >= 15 is 0 Å². The van der Waals surface area contributed by atoms with Crippen LogP contribution in [0.25, 0.3) is 0 Å². The second-order valence-corrected chi connectivity index (χ2v) is 8.28. The zero-order valence-corrected chi connectivity index (χ0v) is 14.2. The van der Waals surface area contributed by atoms with Crippen LogP contribution in [0.5, 0.6) is 0 Å². The molecule has 0 aliphatic rings. The molecule has 0 aliphatic carbocycles. The van der Waals surface area contributed by atoms with E-state index in [0.717, 1.165) is 5.41 Å². The van der Waals surface area contributed by atoms with Crippen LogP contribution >= 0.6 is 7.60 Å². The Morgan fingerprint density at radius 3 is 2.14 bits per heavy atom. The predicted molar refractivity (Wildman–Crippen MR) is 83.1 cm³/mol. The van der Waals surface area contributed by atoms with Crippen LogP contribution in [0.1, 0.15) is 20.8 Å². The summed E-state index contributed by atoms with van der Waals surface area (Å²) in [5, 5.41) is 1.12. The van der Waals surface area contributed by atoms with E-state index in [1.54, 1.807) is 39.0 Å². The van der Waals surface area contributed by atoms with Gasteiger partial charge in [-0.05, 0) is 38.5 Å². The van der Waals surface area contributed by atoms with Crippen molar-refractivity contribution in [2.75, 3.05) is 19.4 Å². The monoisotopic (exact) mass is 332 g/mol. The molecule has 1 rings (SSSR count). The van der Waals surface area contributed by atoms with Crippen LogP contribution in [0.2, 0.25) is 0 Å². The van der Waals surface area contributed by atoms with E-state index in [0.29, 0.717) is 5.57 Å². The Hall–Kier alpha value is -0.940. The lowest BCUT2D eigenvalue weighted by Crippen LogP contribution is -2.03. The summed E-state index contributed by atoms with van der Waals surface area (Å²) in [5.74, 6) is 0. The van der Waals surface area contributed by atoms with Gasteiger partial charge in [0.25, 0.3) is 0 Å². The molecule has 0 atom stereocenters. The van der Waals surface area contributed by atoms with E-state index in [1.165, 1.54) is 12.1 Å². The van der Waals surface area contributed by atoms with Gasteiger partial charge in [-0.1, -0.05) is 18.2 Å². The first-order chi connectivity index (χ1) is 9.83. The summed E-state index contributed by atoms with van der Waals surface area (Å²) in [6, 6.07) is 8.09. The van der Waals surface area contributed by atoms with Gasteiger partial charge >= 0.3 is 7.60 Å². The Labute approximate surface area is 126 Å². The highest BCUT2D eigenvalue weighted by Gasteiger charge is 2.25. The summed E-state index contributed by atoms with van der Waals surface area (Å²) in [6.07, 6.45) is -0.0409. The Morgan fingerprint density at radius 1 is 1.14 bits per heavy atom. The van der Waals surface area contributed by atoms with Crippen LogP contribution in [-0.2, 0) is 23.4 Å². The highest BCUT2D eigenvalue weighted by Crippen LogP contribution is 2.49. The third-order valence-corrected chi connectivity index (χ3v) is 6.35. The number of hydrogen-bond donors (Lipinski definition) is 0. The molecule has 0 aliphatic heterocycles. The molecule has 0 amide bonds. The fourth-order valence-corrected chi connectivity index (χ4v) is 4.96. The van der Waals surface area contributed by atoms with Gasteiger partial charge in [-0.2, -0.15) is 0 Å². The Balaban J connectivity index is 2.96. The molecule has 0 unspecified atom stereocenters. The van der Waals surface area contributed by atoms with E-state index in [1.807, 2.05) is 0 Å². The molecule has 0 saturated carbocycles. The minimum atomic E-state index is -3.56.